The van der Waals surface area contributed by atoms with Crippen LogP contribution in [-0.4, -0.2) is 24.0 Å². The predicted octanol–water partition coefficient (Wildman–Crippen LogP) is 2.92. The summed E-state index contributed by atoms with van der Waals surface area (Å²) in [5.41, 5.74) is 2.08. The molecular weight excluding hydrogens is 357 g/mol. The van der Waals surface area contributed by atoms with Gasteiger partial charge in [0.25, 0.3) is 0 Å². The Bertz CT molecular complexity index is 1060. The van der Waals surface area contributed by atoms with E-state index >= 15 is 0 Å². The lowest BCUT2D eigenvalue weighted by Crippen LogP contribution is -2.11. The zero-order chi connectivity index (χ0) is 18.9. The molecule has 0 amide bonds. The smallest absolute Gasteiger partial charge is 0.238 e. The van der Waals surface area contributed by atoms with E-state index in [1.807, 2.05) is 0 Å². The van der Waals surface area contributed by atoms with E-state index in [4.69, 9.17) is 5.14 Å². The fourth-order valence-corrected chi connectivity index (χ4v) is 3.01. The molecule has 0 fully saturated rings. The van der Waals surface area contributed by atoms with Crippen molar-refractivity contribution in [1.29, 1.82) is 0 Å². The first-order chi connectivity index (χ1) is 12.3. The van der Waals surface area contributed by atoms with Crippen molar-refractivity contribution in [2.24, 2.45) is 5.14 Å². The second kappa shape index (κ2) is 6.81. The Balaban J connectivity index is 2.14. The summed E-state index contributed by atoms with van der Waals surface area (Å²) in [6.07, 6.45) is 0.296. The third-order valence-corrected chi connectivity index (χ3v) is 4.80. The molecule has 0 spiro atoms. The third kappa shape index (κ3) is 3.56. The Morgan fingerprint density at radius 3 is 2.27 bits per heavy atom. The highest BCUT2D eigenvalue weighted by Crippen LogP contribution is 2.26. The van der Waals surface area contributed by atoms with E-state index in [0.29, 0.717) is 23.4 Å². The monoisotopic (exact) mass is 373 g/mol. The number of nitrogens with two attached hydrogens (primary N) is 1. The van der Waals surface area contributed by atoms with Crippen molar-refractivity contribution in [2.45, 2.75) is 18.2 Å². The van der Waals surface area contributed by atoms with Crippen molar-refractivity contribution < 1.29 is 17.6 Å². The van der Waals surface area contributed by atoms with Crippen LogP contribution in [0.3, 0.4) is 0 Å². The molecule has 2 aromatic carbocycles. The number of hydrogen-bond acceptors (Lipinski definition) is 4. The fraction of sp³-hybridized carbons (Fsp3) is 0.111. The molecule has 6 nitrogen and oxygen atoms in total. The van der Waals surface area contributed by atoms with Crippen LogP contribution >= 0.6 is 0 Å². The maximum Gasteiger partial charge on any atom is 0.238 e. The van der Waals surface area contributed by atoms with Crippen LogP contribution in [0.2, 0.25) is 0 Å². The fourth-order valence-electron chi connectivity index (χ4n) is 2.50. The number of benzene rings is 2. The quantitative estimate of drug-likeness (QED) is 0.696. The van der Waals surface area contributed by atoms with Gasteiger partial charge in [-0.2, -0.15) is 5.10 Å². The van der Waals surface area contributed by atoms with Crippen molar-refractivity contribution >= 4 is 15.8 Å². The molecule has 0 aliphatic carbocycles. The summed E-state index contributed by atoms with van der Waals surface area (Å²) in [6, 6.07) is 13.2. The van der Waals surface area contributed by atoms with Crippen LogP contribution in [0, 0.1) is 5.82 Å². The Kier molecular flexibility index (Phi) is 4.71. The van der Waals surface area contributed by atoms with E-state index < -0.39 is 10.0 Å². The summed E-state index contributed by atoms with van der Waals surface area (Å²) in [5, 5.41) is 9.45. The lowest BCUT2D eigenvalue weighted by atomic mass is 10.1. The van der Waals surface area contributed by atoms with E-state index in [0.717, 1.165) is 0 Å². The van der Waals surface area contributed by atoms with Crippen molar-refractivity contribution in [3.05, 3.63) is 66.1 Å². The Labute approximate surface area is 150 Å². The van der Waals surface area contributed by atoms with Gasteiger partial charge in [-0.1, -0.05) is 19.1 Å². The second-order valence-electron chi connectivity index (χ2n) is 5.65. The predicted molar refractivity (Wildman–Crippen MR) is 95.0 cm³/mol. The number of nitrogens with zero attached hydrogens (tertiary/aromatic N) is 2. The molecule has 1 heterocycles. The van der Waals surface area contributed by atoms with Crippen LogP contribution in [0.5, 0.6) is 0 Å². The molecule has 0 saturated heterocycles. The number of primary sulfonamides is 1. The third-order valence-electron chi connectivity index (χ3n) is 3.87. The summed E-state index contributed by atoms with van der Waals surface area (Å²) in [7, 11) is -3.80. The molecule has 2 N–H and O–H groups in total. The number of aromatic nitrogens is 2. The highest BCUT2D eigenvalue weighted by atomic mass is 32.2. The van der Waals surface area contributed by atoms with Gasteiger partial charge in [-0.25, -0.2) is 22.6 Å². The van der Waals surface area contributed by atoms with E-state index in [-0.39, 0.29) is 22.2 Å². The number of sulfonamides is 1. The normalized spacial score (nSPS) is 11.5. The molecule has 0 aliphatic rings. The van der Waals surface area contributed by atoms with Crippen LogP contribution in [0.1, 0.15) is 23.8 Å². The SMILES string of the molecule is CCC(=O)c1cc(-c2ccc(S(N)(=O)=O)cc2)n(-c2ccc(F)cc2)n1. The van der Waals surface area contributed by atoms with Gasteiger partial charge in [-0.15, -0.1) is 0 Å². The van der Waals surface area contributed by atoms with Crippen molar-refractivity contribution in [2.75, 3.05) is 0 Å². The molecular formula is C18H16FN3O3S. The first-order valence-electron chi connectivity index (χ1n) is 7.82. The minimum atomic E-state index is -3.80. The Morgan fingerprint density at radius 1 is 1.12 bits per heavy atom. The second-order valence-corrected chi connectivity index (χ2v) is 7.21. The first kappa shape index (κ1) is 18.0. The zero-order valence-corrected chi connectivity index (χ0v) is 14.7. The average molecular weight is 373 g/mol. The number of hydrogen-bond donors (Lipinski definition) is 1. The molecule has 0 atom stereocenters. The van der Waals surface area contributed by atoms with Gasteiger partial charge in [0, 0.05) is 12.0 Å². The van der Waals surface area contributed by atoms with E-state index in [2.05, 4.69) is 5.10 Å². The van der Waals surface area contributed by atoms with Crippen molar-refractivity contribution in [1.82, 2.24) is 9.78 Å². The lowest BCUT2D eigenvalue weighted by molar-refractivity contribution is 0.0983. The molecule has 0 radical (unpaired) electrons. The highest BCUT2D eigenvalue weighted by Gasteiger charge is 2.16. The summed E-state index contributed by atoms with van der Waals surface area (Å²) < 4.78 is 37.6. The van der Waals surface area contributed by atoms with Gasteiger partial charge in [0.15, 0.2) is 5.78 Å². The van der Waals surface area contributed by atoms with Crippen molar-refractivity contribution in [3.63, 3.8) is 0 Å². The van der Waals surface area contributed by atoms with Gasteiger partial charge in [0.1, 0.15) is 11.5 Å². The minimum absolute atomic E-state index is 0.0149. The van der Waals surface area contributed by atoms with Crippen LogP contribution in [0.25, 0.3) is 16.9 Å². The van der Waals surface area contributed by atoms with Gasteiger partial charge in [-0.05, 0) is 42.5 Å². The standard InChI is InChI=1S/C18H16FN3O3S/c1-2-18(23)16-11-17(12-3-9-15(10-4-12)26(20,24)25)22(21-16)14-7-5-13(19)6-8-14/h3-11H,2H2,1H3,(H2,20,24,25). The van der Waals surface area contributed by atoms with E-state index in [1.165, 1.54) is 28.9 Å². The number of carbonyl (C=O) groups excluding carboxylic acids is 1. The van der Waals surface area contributed by atoms with Gasteiger partial charge in [0.2, 0.25) is 10.0 Å². The van der Waals surface area contributed by atoms with Gasteiger partial charge in [0.05, 0.1) is 16.3 Å². The highest BCUT2D eigenvalue weighted by molar-refractivity contribution is 7.89. The summed E-state index contributed by atoms with van der Waals surface area (Å²) in [4.78, 5) is 12.0. The van der Waals surface area contributed by atoms with Gasteiger partial charge >= 0.3 is 0 Å². The van der Waals surface area contributed by atoms with Crippen LogP contribution in [0.15, 0.2) is 59.5 Å². The summed E-state index contributed by atoms with van der Waals surface area (Å²) in [5.74, 6) is -0.516. The van der Waals surface area contributed by atoms with Crippen LogP contribution in [0.4, 0.5) is 4.39 Å². The van der Waals surface area contributed by atoms with E-state index in [9.17, 15) is 17.6 Å². The molecule has 1 aromatic heterocycles. The van der Waals surface area contributed by atoms with Crippen LogP contribution in [-0.2, 0) is 10.0 Å². The lowest BCUT2D eigenvalue weighted by Gasteiger charge is -2.08. The number of halogens is 1. The number of ketones is 1. The minimum Gasteiger partial charge on any atom is -0.292 e. The molecule has 0 saturated carbocycles. The maximum absolute atomic E-state index is 13.2. The van der Waals surface area contributed by atoms with Crippen LogP contribution < -0.4 is 5.14 Å². The summed E-state index contributed by atoms with van der Waals surface area (Å²) in [6.45, 7) is 1.74. The summed E-state index contributed by atoms with van der Waals surface area (Å²) >= 11 is 0. The number of rotatable bonds is 5. The molecule has 3 rings (SSSR count). The molecule has 0 bridgehead atoms. The first-order valence-corrected chi connectivity index (χ1v) is 9.36. The molecule has 3 aromatic rings. The van der Waals surface area contributed by atoms with Gasteiger partial charge in [-0.3, -0.25) is 4.79 Å². The van der Waals surface area contributed by atoms with E-state index in [1.54, 1.807) is 37.3 Å². The molecule has 8 heteroatoms. The topological polar surface area (TPSA) is 95.0 Å². The Hall–Kier alpha value is -2.84. The molecule has 0 aliphatic heterocycles. The molecule has 26 heavy (non-hydrogen) atoms. The average Bonchev–Trinajstić information content (AvgIpc) is 3.06. The number of carbonyl (C=O) groups is 1. The molecule has 134 valence electrons. The van der Waals surface area contributed by atoms with Crippen molar-refractivity contribution in [3.8, 4) is 16.9 Å². The zero-order valence-electron chi connectivity index (χ0n) is 13.9. The van der Waals surface area contributed by atoms with Gasteiger partial charge < -0.3 is 0 Å². The Morgan fingerprint density at radius 2 is 1.73 bits per heavy atom. The maximum atomic E-state index is 13.2. The largest absolute Gasteiger partial charge is 0.292 e. The number of Topliss-reactive ketones (excluding diaryl/α,β-unsaturated/α-hetero) is 1. The molecule has 0 unspecified atom stereocenters.